The molecule has 0 aliphatic carbocycles. The van der Waals surface area contributed by atoms with Gasteiger partial charge >= 0.3 is 5.91 Å². The van der Waals surface area contributed by atoms with Crippen molar-refractivity contribution in [3.05, 3.63) is 100 Å². The molecule has 1 aliphatic rings. The average molecular weight is 463 g/mol. The van der Waals surface area contributed by atoms with Gasteiger partial charge in [0.05, 0.1) is 6.61 Å². The number of nitrogens with one attached hydrogen (secondary N) is 2. The highest BCUT2D eigenvalue weighted by Crippen LogP contribution is 2.27. The van der Waals surface area contributed by atoms with Crippen LogP contribution >= 0.6 is 11.6 Å². The number of aryl methyl sites for hydroxylation is 1. The SMILES string of the molecule is CCOc1ccc(/C=[N+]2\NC(=O)[C@@H](NC(=O)c3cccc(C)c3)[C@H]2c2ccc(Cl)cc2)cc1. The fraction of sp³-hybridized carbons (Fsp3) is 0.192. The van der Waals surface area contributed by atoms with E-state index in [4.69, 9.17) is 16.3 Å². The summed E-state index contributed by atoms with van der Waals surface area (Å²) >= 11 is 6.08. The zero-order valence-electron chi connectivity index (χ0n) is 18.4. The van der Waals surface area contributed by atoms with E-state index >= 15 is 0 Å². The van der Waals surface area contributed by atoms with Crippen LogP contribution in [0.4, 0.5) is 0 Å². The lowest BCUT2D eigenvalue weighted by molar-refractivity contribution is -0.596. The maximum absolute atomic E-state index is 13.0. The molecule has 3 aromatic rings. The highest BCUT2D eigenvalue weighted by molar-refractivity contribution is 6.30. The van der Waals surface area contributed by atoms with Crippen LogP contribution in [0.15, 0.2) is 72.8 Å². The van der Waals surface area contributed by atoms with Gasteiger partial charge in [-0.25, -0.2) is 0 Å². The van der Waals surface area contributed by atoms with Crippen molar-refractivity contribution in [2.24, 2.45) is 0 Å². The summed E-state index contributed by atoms with van der Waals surface area (Å²) < 4.78 is 7.23. The molecule has 168 valence electrons. The van der Waals surface area contributed by atoms with E-state index in [0.717, 1.165) is 22.4 Å². The van der Waals surface area contributed by atoms with Gasteiger partial charge in [-0.2, -0.15) is 0 Å². The van der Waals surface area contributed by atoms with Crippen molar-refractivity contribution in [2.45, 2.75) is 25.9 Å². The summed E-state index contributed by atoms with van der Waals surface area (Å²) in [5.74, 6) is 0.177. The minimum Gasteiger partial charge on any atom is -0.494 e. The molecule has 1 aliphatic heterocycles. The maximum atomic E-state index is 13.0. The monoisotopic (exact) mass is 462 g/mol. The molecule has 1 fully saturated rings. The number of rotatable bonds is 6. The quantitative estimate of drug-likeness (QED) is 0.543. The third-order valence-corrected chi connectivity index (χ3v) is 5.65. The first-order valence-corrected chi connectivity index (χ1v) is 11.1. The molecule has 0 unspecified atom stereocenters. The zero-order chi connectivity index (χ0) is 23.4. The summed E-state index contributed by atoms with van der Waals surface area (Å²) in [6.45, 7) is 4.44. The number of amides is 2. The largest absolute Gasteiger partial charge is 0.494 e. The second kappa shape index (κ2) is 9.88. The third-order valence-electron chi connectivity index (χ3n) is 5.39. The highest BCUT2D eigenvalue weighted by atomic mass is 35.5. The van der Waals surface area contributed by atoms with Gasteiger partial charge in [-0.15, -0.1) is 10.1 Å². The van der Waals surface area contributed by atoms with Crippen molar-refractivity contribution in [3.63, 3.8) is 0 Å². The Morgan fingerprint density at radius 2 is 1.85 bits per heavy atom. The minimum atomic E-state index is -0.793. The Labute approximate surface area is 197 Å². The van der Waals surface area contributed by atoms with Crippen molar-refractivity contribution < 1.29 is 19.0 Å². The van der Waals surface area contributed by atoms with Crippen LogP contribution in [-0.2, 0) is 4.79 Å². The van der Waals surface area contributed by atoms with Gasteiger partial charge in [0.15, 0.2) is 6.04 Å². The number of carbonyl (C=O) groups is 2. The van der Waals surface area contributed by atoms with Crippen LogP contribution in [0.25, 0.3) is 0 Å². The van der Waals surface area contributed by atoms with Gasteiger partial charge in [0.1, 0.15) is 5.75 Å². The molecule has 33 heavy (non-hydrogen) atoms. The summed E-state index contributed by atoms with van der Waals surface area (Å²) in [5.41, 5.74) is 6.08. The predicted octanol–water partition coefficient (Wildman–Crippen LogP) is 4.06. The number of carbonyl (C=O) groups excluding carboxylic acids is 2. The molecule has 7 heteroatoms. The van der Waals surface area contributed by atoms with Gasteiger partial charge < -0.3 is 10.1 Å². The number of halogens is 1. The Hall–Kier alpha value is -3.64. The number of hydrazone groups is 1. The van der Waals surface area contributed by atoms with Crippen LogP contribution in [0.5, 0.6) is 5.75 Å². The Balaban J connectivity index is 1.67. The topological polar surface area (TPSA) is 70.4 Å². The Morgan fingerprint density at radius 1 is 1.12 bits per heavy atom. The number of hydrogen-bond acceptors (Lipinski definition) is 3. The van der Waals surface area contributed by atoms with E-state index in [-0.39, 0.29) is 11.8 Å². The summed E-state index contributed by atoms with van der Waals surface area (Å²) in [6, 6.07) is 20.9. The second-order valence-electron chi connectivity index (χ2n) is 7.83. The molecule has 2 amide bonds. The Kier molecular flexibility index (Phi) is 6.75. The summed E-state index contributed by atoms with van der Waals surface area (Å²) in [4.78, 5) is 25.9. The molecule has 6 nitrogen and oxygen atoms in total. The van der Waals surface area contributed by atoms with Crippen molar-refractivity contribution in [1.29, 1.82) is 0 Å². The average Bonchev–Trinajstić information content (AvgIpc) is 3.10. The van der Waals surface area contributed by atoms with E-state index in [0.29, 0.717) is 17.2 Å². The van der Waals surface area contributed by atoms with Crippen LogP contribution in [0.2, 0.25) is 5.02 Å². The van der Waals surface area contributed by atoms with Crippen LogP contribution in [0.1, 0.15) is 40.0 Å². The number of nitrogens with zero attached hydrogens (tertiary/aromatic N) is 1. The summed E-state index contributed by atoms with van der Waals surface area (Å²) in [6.07, 6.45) is 1.84. The van der Waals surface area contributed by atoms with Crippen molar-refractivity contribution in [3.8, 4) is 5.75 Å². The van der Waals surface area contributed by atoms with E-state index < -0.39 is 12.1 Å². The molecule has 0 aromatic heterocycles. The molecular weight excluding hydrogens is 438 g/mol. The molecule has 2 atom stereocenters. The van der Waals surface area contributed by atoms with Gasteiger partial charge in [0.25, 0.3) is 5.91 Å². The van der Waals surface area contributed by atoms with Crippen molar-refractivity contribution >= 4 is 29.6 Å². The molecular formula is C26H25ClN3O3+. The zero-order valence-corrected chi connectivity index (χ0v) is 19.2. The molecule has 4 rings (SSSR count). The smallest absolute Gasteiger partial charge is 0.304 e. The summed E-state index contributed by atoms with van der Waals surface area (Å²) in [7, 11) is 0. The van der Waals surface area contributed by atoms with Crippen molar-refractivity contribution in [2.75, 3.05) is 6.61 Å². The molecule has 0 radical (unpaired) electrons. The molecule has 2 N–H and O–H groups in total. The lowest BCUT2D eigenvalue weighted by Gasteiger charge is -2.15. The van der Waals surface area contributed by atoms with Crippen LogP contribution < -0.4 is 15.5 Å². The highest BCUT2D eigenvalue weighted by Gasteiger charge is 2.47. The first-order chi connectivity index (χ1) is 15.9. The Morgan fingerprint density at radius 3 is 2.52 bits per heavy atom. The summed E-state index contributed by atoms with van der Waals surface area (Å²) in [5, 5.41) is 3.51. The fourth-order valence-corrected chi connectivity index (χ4v) is 3.95. The first kappa shape index (κ1) is 22.6. The van der Waals surface area contributed by atoms with E-state index in [9.17, 15) is 9.59 Å². The molecule has 0 spiro atoms. The maximum Gasteiger partial charge on any atom is 0.304 e. The fourth-order valence-electron chi connectivity index (χ4n) is 3.83. The number of ether oxygens (including phenoxy) is 1. The normalized spacial score (nSPS) is 18.8. The van der Waals surface area contributed by atoms with Crippen molar-refractivity contribution in [1.82, 2.24) is 10.7 Å². The van der Waals surface area contributed by atoms with E-state index in [1.54, 1.807) is 28.9 Å². The second-order valence-corrected chi connectivity index (χ2v) is 8.27. The van der Waals surface area contributed by atoms with Crippen LogP contribution in [0.3, 0.4) is 0 Å². The molecule has 1 heterocycles. The first-order valence-electron chi connectivity index (χ1n) is 10.7. The molecule has 0 saturated carbocycles. The number of hydrazine groups is 1. The van der Waals surface area contributed by atoms with Gasteiger partial charge in [-0.05, 0) is 62.4 Å². The van der Waals surface area contributed by atoms with Gasteiger partial charge in [0, 0.05) is 21.7 Å². The lowest BCUT2D eigenvalue weighted by Crippen LogP contribution is -2.42. The molecule has 3 aromatic carbocycles. The van der Waals surface area contributed by atoms with E-state index in [1.165, 1.54) is 0 Å². The molecule has 0 bridgehead atoms. The number of hydrogen-bond donors (Lipinski definition) is 2. The van der Waals surface area contributed by atoms with Crippen LogP contribution in [-0.4, -0.2) is 35.4 Å². The van der Waals surface area contributed by atoms with Gasteiger partial charge in [-0.3, -0.25) is 9.59 Å². The van der Waals surface area contributed by atoms with E-state index in [1.807, 2.05) is 68.6 Å². The van der Waals surface area contributed by atoms with E-state index in [2.05, 4.69) is 10.7 Å². The third kappa shape index (κ3) is 5.23. The minimum absolute atomic E-state index is 0.293. The van der Waals surface area contributed by atoms with Crippen LogP contribution in [0, 0.1) is 6.92 Å². The Bertz CT molecular complexity index is 1190. The van der Waals surface area contributed by atoms with Gasteiger partial charge in [0.2, 0.25) is 12.3 Å². The standard InChI is InChI=1S/C26H24ClN3O3/c1-3-33-22-13-7-18(8-14-22)16-30-24(19-9-11-21(27)12-10-19)23(26(32)29-30)28-25(31)20-6-4-5-17(2)15-20/h4-16,23-24H,3H2,1-2H3,(H-,28,29,31,32)/p+1/b30-16-/t23-,24+/m0/s1. The van der Waals surface area contributed by atoms with Gasteiger partial charge in [-0.1, -0.05) is 41.4 Å². The number of benzene rings is 3. The lowest BCUT2D eigenvalue weighted by atomic mass is 9.99. The predicted molar refractivity (Wildman–Crippen MR) is 128 cm³/mol. The molecule has 1 saturated heterocycles.